The first-order valence-corrected chi connectivity index (χ1v) is 9.88. The van der Waals surface area contributed by atoms with Gasteiger partial charge in [-0.25, -0.2) is 0 Å². The molecule has 3 rings (SSSR count). The fourth-order valence-corrected chi connectivity index (χ4v) is 5.23. The van der Waals surface area contributed by atoms with Gasteiger partial charge in [-0.1, -0.05) is 13.3 Å². The van der Waals surface area contributed by atoms with Crippen molar-refractivity contribution in [3.05, 3.63) is 23.4 Å². The lowest BCUT2D eigenvalue weighted by Gasteiger charge is -2.14. The maximum absolute atomic E-state index is 12.3. The summed E-state index contributed by atoms with van der Waals surface area (Å²) < 4.78 is 1.12. The minimum absolute atomic E-state index is 0.0645. The Balaban J connectivity index is 1.73. The molecule has 3 heterocycles. The molecule has 0 saturated heterocycles. The van der Waals surface area contributed by atoms with E-state index < -0.39 is 0 Å². The van der Waals surface area contributed by atoms with Gasteiger partial charge in [-0.3, -0.25) is 9.89 Å². The van der Waals surface area contributed by atoms with Gasteiger partial charge in [0.25, 0.3) is 5.91 Å². The topological polar surface area (TPSA) is 69.8 Å². The van der Waals surface area contributed by atoms with E-state index in [-0.39, 0.29) is 5.91 Å². The number of H-pyrrole nitrogens is 1. The first-order valence-electron chi connectivity index (χ1n) is 8.08. The minimum Gasteiger partial charge on any atom is -0.352 e. The third kappa shape index (κ3) is 3.79. The van der Waals surface area contributed by atoms with Crippen LogP contribution in [0.4, 0.5) is 0 Å². The van der Waals surface area contributed by atoms with Gasteiger partial charge < -0.3 is 10.6 Å². The van der Waals surface area contributed by atoms with Crippen LogP contribution >= 0.6 is 23.1 Å². The summed E-state index contributed by atoms with van der Waals surface area (Å²) in [6.45, 7) is 4.95. The van der Waals surface area contributed by atoms with E-state index in [1.165, 1.54) is 18.4 Å². The zero-order chi connectivity index (χ0) is 16.1. The van der Waals surface area contributed by atoms with Crippen molar-refractivity contribution in [1.82, 2.24) is 20.8 Å². The molecule has 23 heavy (non-hydrogen) atoms. The second kappa shape index (κ2) is 7.99. The van der Waals surface area contributed by atoms with Gasteiger partial charge in [0, 0.05) is 25.0 Å². The van der Waals surface area contributed by atoms with E-state index in [0.717, 1.165) is 45.6 Å². The van der Waals surface area contributed by atoms with Crippen molar-refractivity contribution in [3.8, 4) is 10.6 Å². The Bertz CT molecular complexity index is 651. The molecule has 1 aliphatic rings. The molecule has 1 aliphatic heterocycles. The molecule has 1 amide bonds. The van der Waals surface area contributed by atoms with Gasteiger partial charge in [0.2, 0.25) is 0 Å². The maximum atomic E-state index is 12.3. The van der Waals surface area contributed by atoms with Crippen LogP contribution in [0.25, 0.3) is 10.6 Å². The van der Waals surface area contributed by atoms with E-state index in [2.05, 4.69) is 27.8 Å². The predicted octanol–water partition coefficient (Wildman–Crippen LogP) is 2.91. The van der Waals surface area contributed by atoms with Gasteiger partial charge in [-0.2, -0.15) is 5.10 Å². The van der Waals surface area contributed by atoms with E-state index in [4.69, 9.17) is 0 Å². The number of aromatic amines is 1. The first-order chi connectivity index (χ1) is 11.3. The number of fused-ring (bicyclic) bond motifs is 1. The molecule has 0 radical (unpaired) electrons. The number of carbonyl (C=O) groups is 1. The molecule has 0 aliphatic carbocycles. The molecular weight excluding hydrogens is 328 g/mol. The number of aromatic nitrogens is 2. The Morgan fingerprint density at radius 3 is 3.13 bits per heavy atom. The molecule has 124 valence electrons. The highest BCUT2D eigenvalue weighted by Crippen LogP contribution is 2.42. The maximum Gasteiger partial charge on any atom is 0.253 e. The van der Waals surface area contributed by atoms with E-state index in [9.17, 15) is 4.79 Å². The number of thioether (sulfide) groups is 1. The second-order valence-corrected chi connectivity index (χ2v) is 7.88. The van der Waals surface area contributed by atoms with E-state index >= 15 is 0 Å². The first kappa shape index (κ1) is 16.5. The van der Waals surface area contributed by atoms with Gasteiger partial charge in [-0.15, -0.1) is 23.1 Å². The third-order valence-corrected chi connectivity index (χ3v) is 6.36. The largest absolute Gasteiger partial charge is 0.352 e. The van der Waals surface area contributed by atoms with Crippen molar-refractivity contribution < 1.29 is 4.79 Å². The molecule has 0 saturated carbocycles. The van der Waals surface area contributed by atoms with Crippen LogP contribution in [-0.4, -0.2) is 41.5 Å². The number of rotatable bonds is 8. The Labute approximate surface area is 144 Å². The fourth-order valence-electron chi connectivity index (χ4n) is 2.64. The van der Waals surface area contributed by atoms with Crippen LogP contribution < -0.4 is 10.6 Å². The molecule has 2 aromatic rings. The average molecular weight is 351 g/mol. The number of nitrogens with zero attached hydrogens (tertiary/aromatic N) is 1. The van der Waals surface area contributed by atoms with Crippen LogP contribution in [0.2, 0.25) is 0 Å². The molecular formula is C16H22N4OS2. The van der Waals surface area contributed by atoms with Crippen LogP contribution in [0.15, 0.2) is 16.5 Å². The van der Waals surface area contributed by atoms with Crippen molar-refractivity contribution in [2.45, 2.75) is 30.4 Å². The Morgan fingerprint density at radius 1 is 1.43 bits per heavy atom. The van der Waals surface area contributed by atoms with Crippen LogP contribution in [0.5, 0.6) is 0 Å². The normalized spacial score (nSPS) is 13.9. The summed E-state index contributed by atoms with van der Waals surface area (Å²) in [5, 5.41) is 13.5. The van der Waals surface area contributed by atoms with Crippen LogP contribution in [0, 0.1) is 0 Å². The quantitative estimate of drug-likeness (QED) is 0.506. The standard InChI is InChI=1S/C16H22N4OS2/c1-2-3-6-17-9-10-22-16-13-11(4-7-18-15(13)21)14(23-16)12-5-8-19-20-12/h5,8,17H,2-4,6-7,9-10H2,1H3,(H,18,21)(H,19,20). The fraction of sp³-hybridized carbons (Fsp3) is 0.500. The number of thiophene rings is 1. The highest BCUT2D eigenvalue weighted by atomic mass is 32.2. The molecule has 3 N–H and O–H groups in total. The summed E-state index contributed by atoms with van der Waals surface area (Å²) in [7, 11) is 0. The van der Waals surface area contributed by atoms with Crippen LogP contribution in [-0.2, 0) is 6.42 Å². The lowest BCUT2D eigenvalue weighted by Crippen LogP contribution is -2.31. The molecule has 0 bridgehead atoms. The average Bonchev–Trinajstić information content (AvgIpc) is 3.19. The number of unbranched alkanes of at least 4 members (excludes halogenated alkanes) is 1. The molecule has 0 atom stereocenters. The lowest BCUT2D eigenvalue weighted by molar-refractivity contribution is 0.0944. The summed E-state index contributed by atoms with van der Waals surface area (Å²) in [5.74, 6) is 1.04. The third-order valence-electron chi connectivity index (χ3n) is 3.83. The number of nitrogens with one attached hydrogen (secondary N) is 3. The summed E-state index contributed by atoms with van der Waals surface area (Å²) in [5.41, 5.74) is 3.06. The number of amides is 1. The lowest BCUT2D eigenvalue weighted by atomic mass is 10.0. The van der Waals surface area contributed by atoms with Crippen molar-refractivity contribution in [2.75, 3.05) is 25.4 Å². The Kier molecular flexibility index (Phi) is 5.75. The summed E-state index contributed by atoms with van der Waals surface area (Å²) in [6, 6.07) is 1.97. The molecule has 0 unspecified atom stereocenters. The SMILES string of the molecule is CCCCNCCSc1sc(-c2ccn[nH]2)c2c1C(=O)NCC2. The molecule has 0 spiro atoms. The van der Waals surface area contributed by atoms with Crippen molar-refractivity contribution in [3.63, 3.8) is 0 Å². The minimum atomic E-state index is 0.0645. The smallest absolute Gasteiger partial charge is 0.253 e. The summed E-state index contributed by atoms with van der Waals surface area (Å²) in [6.07, 6.45) is 5.08. The molecule has 7 heteroatoms. The predicted molar refractivity (Wildman–Crippen MR) is 96.4 cm³/mol. The van der Waals surface area contributed by atoms with Gasteiger partial charge in [0.05, 0.1) is 20.3 Å². The molecule has 0 fully saturated rings. The van der Waals surface area contributed by atoms with Crippen LogP contribution in [0.1, 0.15) is 35.7 Å². The van der Waals surface area contributed by atoms with Crippen molar-refractivity contribution in [1.29, 1.82) is 0 Å². The van der Waals surface area contributed by atoms with E-state index in [1.807, 2.05) is 6.07 Å². The van der Waals surface area contributed by atoms with E-state index in [0.29, 0.717) is 6.54 Å². The zero-order valence-corrected chi connectivity index (χ0v) is 14.9. The highest BCUT2D eigenvalue weighted by Gasteiger charge is 2.27. The number of hydrogen-bond donors (Lipinski definition) is 3. The Hall–Kier alpha value is -1.31. The van der Waals surface area contributed by atoms with Crippen molar-refractivity contribution >= 4 is 29.0 Å². The van der Waals surface area contributed by atoms with Crippen molar-refractivity contribution in [2.24, 2.45) is 0 Å². The van der Waals surface area contributed by atoms with Gasteiger partial charge in [0.1, 0.15) is 0 Å². The highest BCUT2D eigenvalue weighted by molar-refractivity contribution is 8.01. The summed E-state index contributed by atoms with van der Waals surface area (Å²) in [4.78, 5) is 13.5. The molecule has 2 aromatic heterocycles. The summed E-state index contributed by atoms with van der Waals surface area (Å²) >= 11 is 3.48. The second-order valence-electron chi connectivity index (χ2n) is 5.50. The Morgan fingerprint density at radius 2 is 2.35 bits per heavy atom. The van der Waals surface area contributed by atoms with E-state index in [1.54, 1.807) is 29.3 Å². The number of hydrogen-bond acceptors (Lipinski definition) is 5. The monoisotopic (exact) mass is 350 g/mol. The van der Waals surface area contributed by atoms with Crippen LogP contribution in [0.3, 0.4) is 0 Å². The van der Waals surface area contributed by atoms with Gasteiger partial charge >= 0.3 is 0 Å². The van der Waals surface area contributed by atoms with Gasteiger partial charge in [-0.05, 0) is 31.0 Å². The zero-order valence-electron chi connectivity index (χ0n) is 13.3. The van der Waals surface area contributed by atoms with Gasteiger partial charge in [0.15, 0.2) is 0 Å². The molecule has 0 aromatic carbocycles. The number of carbonyl (C=O) groups excluding carboxylic acids is 1. The molecule has 5 nitrogen and oxygen atoms in total.